The second kappa shape index (κ2) is 21.9. The van der Waals surface area contributed by atoms with Gasteiger partial charge in [-0.2, -0.15) is 0 Å². The van der Waals surface area contributed by atoms with Crippen LogP contribution in [-0.2, 0) is 57.9 Å². The third-order valence-corrected chi connectivity index (χ3v) is 13.7. The fraction of sp³-hybridized carbons (Fsp3) is 0.707. The molecule has 2 aromatic rings. The first-order valence-electron chi connectivity index (χ1n) is 20.9. The number of carbonyl (C=O) groups excluding carboxylic acids is 2. The predicted octanol–water partition coefficient (Wildman–Crippen LogP) is 3.46. The third kappa shape index (κ3) is 14.2. The Morgan fingerprint density at radius 1 is 0.750 bits per heavy atom. The van der Waals surface area contributed by atoms with Gasteiger partial charge in [-0.1, -0.05) is 39.3 Å². The molecule has 17 nitrogen and oxygen atoms in total. The molecular formula is C41H68N6O11Si2. The van der Waals surface area contributed by atoms with Gasteiger partial charge in [-0.05, 0) is 32.0 Å². The van der Waals surface area contributed by atoms with Gasteiger partial charge >= 0.3 is 11.9 Å². The van der Waals surface area contributed by atoms with E-state index >= 15 is 0 Å². The van der Waals surface area contributed by atoms with Crippen molar-refractivity contribution >= 4 is 45.8 Å². The fourth-order valence-electron chi connectivity index (χ4n) is 6.79. The zero-order valence-electron chi connectivity index (χ0n) is 37.3. The Morgan fingerprint density at radius 2 is 1.22 bits per heavy atom. The number of anilines is 2. The fourth-order valence-corrected chi connectivity index (χ4v) is 8.31. The van der Waals surface area contributed by atoms with Crippen molar-refractivity contribution in [1.82, 2.24) is 19.1 Å². The van der Waals surface area contributed by atoms with Gasteiger partial charge in [0.15, 0.2) is 11.6 Å². The monoisotopic (exact) mass is 876 g/mol. The highest BCUT2D eigenvalue weighted by Gasteiger charge is 2.51. The van der Waals surface area contributed by atoms with E-state index in [-0.39, 0.29) is 47.8 Å². The topological polar surface area (TPSA) is 186 Å². The molecule has 2 spiro atoms. The molecule has 6 rings (SSSR count). The van der Waals surface area contributed by atoms with Crippen molar-refractivity contribution in [2.24, 2.45) is 10.8 Å². The molecule has 60 heavy (non-hydrogen) atoms. The van der Waals surface area contributed by atoms with Gasteiger partial charge in [-0.3, -0.25) is 23.5 Å². The lowest BCUT2D eigenvalue weighted by Gasteiger charge is -2.55. The van der Waals surface area contributed by atoms with Crippen LogP contribution in [0.25, 0.3) is 6.08 Å². The van der Waals surface area contributed by atoms with Crippen molar-refractivity contribution < 1.29 is 43.1 Å². The number of ether oxygens (including phenoxy) is 6. The summed E-state index contributed by atoms with van der Waals surface area (Å²) in [4.78, 5) is 62.3. The Labute approximate surface area is 356 Å². The highest BCUT2D eigenvalue weighted by Crippen LogP contribution is 2.39. The van der Waals surface area contributed by atoms with Crippen molar-refractivity contribution in [3.05, 3.63) is 50.6 Å². The number of aliphatic hydroxyl groups is 1. The summed E-state index contributed by atoms with van der Waals surface area (Å²) in [6.45, 7) is 25.7. The zero-order chi connectivity index (χ0) is 44.1. The van der Waals surface area contributed by atoms with Crippen LogP contribution in [0.1, 0.15) is 31.7 Å². The number of aryl methyl sites for hydroxylation is 1. The zero-order valence-corrected chi connectivity index (χ0v) is 39.3. The van der Waals surface area contributed by atoms with Crippen molar-refractivity contribution in [3.63, 3.8) is 0 Å². The van der Waals surface area contributed by atoms with E-state index in [9.17, 15) is 19.2 Å². The number of rotatable bonds is 19. The lowest BCUT2D eigenvalue weighted by atomic mass is 9.78. The largest absolute Gasteiger partial charge is 0.466 e. The Balaban J connectivity index is 0.000000254. The van der Waals surface area contributed by atoms with E-state index in [1.807, 2.05) is 9.80 Å². The quantitative estimate of drug-likeness (QED) is 0.0936. The average molecular weight is 877 g/mol. The number of hydrogen-bond donors (Lipinski definition) is 1. The second-order valence-corrected chi connectivity index (χ2v) is 29.6. The molecular weight excluding hydrogens is 809 g/mol. The maximum atomic E-state index is 13.0. The normalized spacial score (nSPS) is 17.4. The van der Waals surface area contributed by atoms with Gasteiger partial charge in [0, 0.05) is 87.5 Å². The Bertz CT molecular complexity index is 1870. The van der Waals surface area contributed by atoms with Gasteiger partial charge in [-0.15, -0.1) is 0 Å². The van der Waals surface area contributed by atoms with Crippen molar-refractivity contribution in [2.45, 2.75) is 91.5 Å². The van der Waals surface area contributed by atoms with E-state index in [2.05, 4.69) is 49.3 Å². The SMILES string of the molecule is CCOC(=O)/C=C/c1cn(COCC[Si](C)(C)C)c(=O)c(N2CC3(COC3)C2)n1.CCOC(=O)CCc1cn(COCC[Si](C)(C)C)c(=O)c(N2CC3(COC3)C2)n1.CO. The average Bonchev–Trinajstić information content (AvgIpc) is 3.11. The molecule has 0 saturated carbocycles. The van der Waals surface area contributed by atoms with E-state index in [1.54, 1.807) is 36.9 Å². The summed E-state index contributed by atoms with van der Waals surface area (Å²) in [5, 5.41) is 7.00. The number of carbonyl (C=O) groups is 2. The lowest BCUT2D eigenvalue weighted by Crippen LogP contribution is -2.67. The summed E-state index contributed by atoms with van der Waals surface area (Å²) in [6, 6.07) is 2.08. The Kier molecular flexibility index (Phi) is 17.8. The molecule has 2 aromatic heterocycles. The summed E-state index contributed by atoms with van der Waals surface area (Å²) in [5.74, 6) is 0.143. The first-order valence-corrected chi connectivity index (χ1v) is 28.3. The molecule has 0 bridgehead atoms. The Morgan fingerprint density at radius 3 is 1.65 bits per heavy atom. The molecule has 19 heteroatoms. The molecule has 0 radical (unpaired) electrons. The molecule has 1 N–H and O–H groups in total. The van der Waals surface area contributed by atoms with Crippen molar-refractivity contribution in [2.75, 3.05) is 95.9 Å². The van der Waals surface area contributed by atoms with E-state index in [0.717, 1.165) is 71.8 Å². The predicted molar refractivity (Wildman–Crippen MR) is 235 cm³/mol. The minimum atomic E-state index is -1.20. The molecule has 0 amide bonds. The molecule has 4 fully saturated rings. The minimum absolute atomic E-state index is 0.145. The maximum Gasteiger partial charge on any atom is 0.330 e. The van der Waals surface area contributed by atoms with Crippen LogP contribution in [0.2, 0.25) is 51.4 Å². The van der Waals surface area contributed by atoms with Gasteiger partial charge in [0.05, 0.1) is 68.3 Å². The Hall–Kier alpha value is -3.73. The molecule has 4 aliphatic rings. The number of aromatic nitrogens is 4. The highest BCUT2D eigenvalue weighted by atomic mass is 28.3. The van der Waals surface area contributed by atoms with Gasteiger partial charge in [0.2, 0.25) is 0 Å². The summed E-state index contributed by atoms with van der Waals surface area (Å²) in [7, 11) is -1.39. The molecule has 4 aliphatic heterocycles. The maximum absolute atomic E-state index is 13.0. The second-order valence-electron chi connectivity index (χ2n) is 18.4. The van der Waals surface area contributed by atoms with E-state index < -0.39 is 22.1 Å². The molecule has 4 saturated heterocycles. The van der Waals surface area contributed by atoms with Crippen molar-refractivity contribution in [1.29, 1.82) is 0 Å². The van der Waals surface area contributed by atoms with Crippen LogP contribution in [0.15, 0.2) is 28.1 Å². The minimum Gasteiger partial charge on any atom is -0.466 e. The molecule has 0 atom stereocenters. The van der Waals surface area contributed by atoms with Crippen LogP contribution in [0.5, 0.6) is 0 Å². The first kappa shape index (κ1) is 48.9. The molecule has 0 unspecified atom stereocenters. The number of esters is 2. The summed E-state index contributed by atoms with van der Waals surface area (Å²) >= 11 is 0. The number of hydrogen-bond acceptors (Lipinski definition) is 15. The molecule has 336 valence electrons. The highest BCUT2D eigenvalue weighted by molar-refractivity contribution is 6.76. The summed E-state index contributed by atoms with van der Waals surface area (Å²) in [5.41, 5.74) is 1.26. The van der Waals surface area contributed by atoms with Gasteiger partial charge in [0.25, 0.3) is 11.1 Å². The summed E-state index contributed by atoms with van der Waals surface area (Å²) < 4.78 is 35.2. The summed E-state index contributed by atoms with van der Waals surface area (Å²) in [6.07, 6.45) is 6.91. The number of nitrogens with zero attached hydrogens (tertiary/aromatic N) is 6. The first-order chi connectivity index (χ1) is 28.4. The molecule has 0 aliphatic carbocycles. The van der Waals surface area contributed by atoms with Crippen LogP contribution in [-0.4, -0.2) is 138 Å². The lowest BCUT2D eigenvalue weighted by molar-refractivity contribution is -0.143. The van der Waals surface area contributed by atoms with Crippen LogP contribution in [0, 0.1) is 10.8 Å². The van der Waals surface area contributed by atoms with Gasteiger partial charge < -0.3 is 43.3 Å². The van der Waals surface area contributed by atoms with Crippen molar-refractivity contribution in [3.8, 4) is 0 Å². The van der Waals surface area contributed by atoms with Crippen LogP contribution < -0.4 is 20.9 Å². The van der Waals surface area contributed by atoms with E-state index in [1.165, 1.54) is 10.6 Å². The third-order valence-electron chi connectivity index (χ3n) is 10.3. The van der Waals surface area contributed by atoms with Gasteiger partial charge in [-0.25, -0.2) is 14.8 Å². The van der Waals surface area contributed by atoms with Crippen LogP contribution in [0.4, 0.5) is 11.6 Å². The molecule has 6 heterocycles. The number of aliphatic hydroxyl groups excluding tert-OH is 1. The standard InChI is InChI=1S/C20H33N3O5Si.C20H31N3O5Si.CH4O/c2*1-5-28-17(24)7-6-16-10-22(15-26-8-9-29(2,3)4)19(25)18(21-16)23-11-20(12-23)13-27-14-20;1-2/h10H,5-9,11-15H2,1-4H3;6-7,10H,5,8-9,11-15H2,1-4H3;2H,1H3/b;7-6+;. The molecule has 0 aromatic carbocycles. The smallest absolute Gasteiger partial charge is 0.330 e. The van der Waals surface area contributed by atoms with E-state index in [4.69, 9.17) is 33.5 Å². The van der Waals surface area contributed by atoms with E-state index in [0.29, 0.717) is 55.9 Å². The van der Waals surface area contributed by atoms with Crippen LogP contribution in [0.3, 0.4) is 0 Å². The van der Waals surface area contributed by atoms with Gasteiger partial charge in [0.1, 0.15) is 13.5 Å². The van der Waals surface area contributed by atoms with Crippen LogP contribution >= 0.6 is 0 Å².